The van der Waals surface area contributed by atoms with Crippen LogP contribution in [0.25, 0.3) is 0 Å². The number of nitro groups is 1. The van der Waals surface area contributed by atoms with Gasteiger partial charge in [-0.2, -0.15) is 0 Å². The van der Waals surface area contributed by atoms with Gasteiger partial charge in [0.25, 0.3) is 5.69 Å². The van der Waals surface area contributed by atoms with E-state index in [2.05, 4.69) is 0 Å². The zero-order chi connectivity index (χ0) is 18.3. The van der Waals surface area contributed by atoms with E-state index in [0.717, 1.165) is 6.07 Å². The van der Waals surface area contributed by atoms with Crippen LogP contribution in [0, 0.1) is 10.1 Å². The molecule has 0 saturated carbocycles. The van der Waals surface area contributed by atoms with Crippen LogP contribution in [0.15, 0.2) is 42.5 Å². The Hall–Kier alpha value is -2.43. The number of rotatable bonds is 4. The Morgan fingerprint density at radius 2 is 1.54 bits per heavy atom. The third-order valence-electron chi connectivity index (χ3n) is 3.00. The highest BCUT2D eigenvalue weighted by Gasteiger charge is 2.19. The van der Waals surface area contributed by atoms with Crippen molar-refractivity contribution >= 4 is 30.8 Å². The molecular weight excluding hydrogens is 320 g/mol. The Balaban J connectivity index is 0.000000254. The van der Waals surface area contributed by atoms with Crippen molar-refractivity contribution < 1.29 is 35.2 Å². The first-order valence-electron chi connectivity index (χ1n) is 6.66. The fraction of sp³-hybridized carbons (Fsp3) is 0.0769. The minimum absolute atomic E-state index is 0.0540. The molecule has 6 N–H and O–H groups in total. The third-order valence-corrected chi connectivity index (χ3v) is 3.00. The lowest BCUT2D eigenvalue weighted by Crippen LogP contribution is -2.33. The maximum Gasteiger partial charge on any atom is 0.492 e. The van der Waals surface area contributed by atoms with Crippen molar-refractivity contribution in [3.05, 3.63) is 58.1 Å². The van der Waals surface area contributed by atoms with Gasteiger partial charge in [-0.3, -0.25) is 10.1 Å². The fourth-order valence-electron chi connectivity index (χ4n) is 1.79. The van der Waals surface area contributed by atoms with Gasteiger partial charge in [-0.15, -0.1) is 0 Å². The Bertz CT molecular complexity index is 695. The molecule has 0 saturated heterocycles. The second-order valence-electron chi connectivity index (χ2n) is 4.60. The predicted octanol–water partition coefficient (Wildman–Crippen LogP) is -2.16. The molecule has 2 aromatic rings. The molecule has 0 aliphatic heterocycles. The van der Waals surface area contributed by atoms with E-state index in [0.29, 0.717) is 0 Å². The van der Waals surface area contributed by atoms with Crippen LogP contribution in [0.3, 0.4) is 0 Å². The Labute approximate surface area is 137 Å². The Kier molecular flexibility index (Phi) is 7.36. The van der Waals surface area contributed by atoms with Crippen molar-refractivity contribution in [2.75, 3.05) is 0 Å². The van der Waals surface area contributed by atoms with Gasteiger partial charge in [0.2, 0.25) is 0 Å². The molecular formula is C13H15B2NO8. The van der Waals surface area contributed by atoms with Crippen molar-refractivity contribution in [3.63, 3.8) is 0 Å². The summed E-state index contributed by atoms with van der Waals surface area (Å²) in [6, 6.07) is 9.57. The van der Waals surface area contributed by atoms with E-state index in [-0.39, 0.29) is 27.9 Å². The number of non-ortho nitro benzene ring substituents is 1. The average molecular weight is 335 g/mol. The fourth-order valence-corrected chi connectivity index (χ4v) is 1.79. The minimum Gasteiger partial charge on any atom is -0.508 e. The summed E-state index contributed by atoms with van der Waals surface area (Å²) in [7, 11) is -3.42. The van der Waals surface area contributed by atoms with E-state index in [4.69, 9.17) is 30.3 Å². The van der Waals surface area contributed by atoms with Crippen molar-refractivity contribution in [1.29, 1.82) is 0 Å². The molecule has 11 heteroatoms. The Morgan fingerprint density at radius 3 is 1.96 bits per heavy atom. The van der Waals surface area contributed by atoms with Crippen molar-refractivity contribution in [1.82, 2.24) is 0 Å². The van der Waals surface area contributed by atoms with E-state index in [9.17, 15) is 10.1 Å². The SMILES string of the molecule is O=[N+]([O-])c1ccc(CO)c(B(O)O)c1.OB(O)c1ccccc1O. The molecule has 0 radical (unpaired) electrons. The van der Waals surface area contributed by atoms with Gasteiger partial charge in [-0.25, -0.2) is 0 Å². The largest absolute Gasteiger partial charge is 0.508 e. The highest BCUT2D eigenvalue weighted by Crippen LogP contribution is 2.10. The van der Waals surface area contributed by atoms with Crippen LogP contribution < -0.4 is 10.9 Å². The van der Waals surface area contributed by atoms with Crippen LogP contribution in [-0.4, -0.2) is 49.5 Å². The van der Waals surface area contributed by atoms with Gasteiger partial charge in [0.05, 0.1) is 11.5 Å². The van der Waals surface area contributed by atoms with Crippen molar-refractivity contribution in [2.24, 2.45) is 0 Å². The number of aromatic hydroxyl groups is 1. The van der Waals surface area contributed by atoms with Crippen LogP contribution in [0.4, 0.5) is 5.69 Å². The van der Waals surface area contributed by atoms with Crippen LogP contribution in [0.2, 0.25) is 0 Å². The van der Waals surface area contributed by atoms with Gasteiger partial charge in [0.1, 0.15) is 5.75 Å². The number of hydrogen-bond acceptors (Lipinski definition) is 8. The number of aliphatic hydroxyl groups excluding tert-OH is 1. The van der Waals surface area contributed by atoms with Gasteiger partial charge >= 0.3 is 14.2 Å². The first-order chi connectivity index (χ1) is 11.3. The summed E-state index contributed by atoms with van der Waals surface area (Å²) in [5.74, 6) is -0.0995. The number of para-hydroxylation sites is 1. The van der Waals surface area contributed by atoms with Crippen molar-refractivity contribution in [3.8, 4) is 5.75 Å². The zero-order valence-electron chi connectivity index (χ0n) is 12.4. The molecule has 0 aliphatic rings. The summed E-state index contributed by atoms with van der Waals surface area (Å²) in [4.78, 5) is 9.71. The van der Waals surface area contributed by atoms with E-state index < -0.39 is 25.8 Å². The minimum atomic E-state index is -1.82. The van der Waals surface area contributed by atoms with Crippen molar-refractivity contribution in [2.45, 2.75) is 6.61 Å². The molecule has 0 atom stereocenters. The first kappa shape index (κ1) is 19.6. The first-order valence-corrected chi connectivity index (χ1v) is 6.66. The molecule has 0 unspecified atom stereocenters. The van der Waals surface area contributed by atoms with Gasteiger partial charge in [-0.1, -0.05) is 24.3 Å². The predicted molar refractivity (Wildman–Crippen MR) is 86.8 cm³/mol. The van der Waals surface area contributed by atoms with Crippen LogP contribution in [-0.2, 0) is 6.61 Å². The lowest BCUT2D eigenvalue weighted by atomic mass is 9.77. The molecule has 0 spiro atoms. The maximum absolute atomic E-state index is 10.4. The number of aliphatic hydroxyl groups is 1. The van der Waals surface area contributed by atoms with E-state index in [1.165, 1.54) is 24.3 Å². The molecule has 0 heterocycles. The van der Waals surface area contributed by atoms with Gasteiger partial charge in [0.15, 0.2) is 0 Å². The maximum atomic E-state index is 10.4. The van der Waals surface area contributed by atoms with Gasteiger partial charge < -0.3 is 30.3 Å². The summed E-state index contributed by atoms with van der Waals surface area (Å²) >= 11 is 0. The average Bonchev–Trinajstić information content (AvgIpc) is 2.54. The van der Waals surface area contributed by atoms with Crippen LogP contribution in [0.5, 0.6) is 5.75 Å². The van der Waals surface area contributed by atoms with E-state index in [1.54, 1.807) is 12.1 Å². The topological polar surface area (TPSA) is 165 Å². The molecule has 2 aromatic carbocycles. The number of nitro benzene ring substituents is 1. The highest BCUT2D eigenvalue weighted by atomic mass is 16.6. The molecule has 0 bridgehead atoms. The molecule has 0 amide bonds. The molecule has 126 valence electrons. The third kappa shape index (κ3) is 5.33. The molecule has 24 heavy (non-hydrogen) atoms. The standard InChI is InChI=1S/C7H8BNO5.C6H7BO3/c10-4-5-1-2-6(9(13)14)3-7(5)8(11)12;8-6-4-2-1-3-5(6)7(9)10/h1-3,10-12H,4H2;1-4,8-10H. The highest BCUT2D eigenvalue weighted by molar-refractivity contribution is 6.59. The number of nitrogens with zero attached hydrogens (tertiary/aromatic N) is 1. The number of benzene rings is 2. The number of phenolic OH excluding ortho intramolecular Hbond substituents is 1. The Morgan fingerprint density at radius 1 is 0.958 bits per heavy atom. The second kappa shape index (κ2) is 9.01. The quantitative estimate of drug-likeness (QED) is 0.209. The summed E-state index contributed by atoms with van der Waals surface area (Å²) in [6.45, 7) is -0.398. The lowest BCUT2D eigenvalue weighted by molar-refractivity contribution is -0.384. The summed E-state index contributed by atoms with van der Waals surface area (Å²) in [5, 5.41) is 63.0. The smallest absolute Gasteiger partial charge is 0.492 e. The summed E-state index contributed by atoms with van der Waals surface area (Å²) in [5.41, 5.74) is 0.0834. The summed E-state index contributed by atoms with van der Waals surface area (Å²) < 4.78 is 0. The van der Waals surface area contributed by atoms with Gasteiger partial charge in [0, 0.05) is 17.6 Å². The van der Waals surface area contributed by atoms with Gasteiger partial charge in [-0.05, 0) is 17.1 Å². The van der Waals surface area contributed by atoms with Crippen LogP contribution in [0.1, 0.15) is 5.56 Å². The molecule has 0 aliphatic carbocycles. The molecule has 2 rings (SSSR count). The molecule has 0 fully saturated rings. The van der Waals surface area contributed by atoms with Crippen LogP contribution >= 0.6 is 0 Å². The van der Waals surface area contributed by atoms with E-state index >= 15 is 0 Å². The number of phenols is 1. The zero-order valence-corrected chi connectivity index (χ0v) is 12.4. The summed E-state index contributed by atoms with van der Waals surface area (Å²) in [6.07, 6.45) is 0. The second-order valence-corrected chi connectivity index (χ2v) is 4.60. The number of hydrogen-bond donors (Lipinski definition) is 6. The normalized spacial score (nSPS) is 9.71. The van der Waals surface area contributed by atoms with E-state index in [1.807, 2.05) is 0 Å². The monoisotopic (exact) mass is 335 g/mol. The molecule has 0 aromatic heterocycles. The molecule has 9 nitrogen and oxygen atoms in total. The lowest BCUT2D eigenvalue weighted by Gasteiger charge is -2.05.